The zero-order valence-corrected chi connectivity index (χ0v) is 18.3. The first kappa shape index (κ1) is 22.7. The molecule has 0 fully saturated rings. The van der Waals surface area contributed by atoms with Crippen molar-refractivity contribution in [3.8, 4) is 5.75 Å². The average molecular weight is 441 g/mol. The molecule has 0 bridgehead atoms. The average Bonchev–Trinajstić information content (AvgIpc) is 3.36. The van der Waals surface area contributed by atoms with Crippen molar-refractivity contribution in [1.82, 2.24) is 20.1 Å². The van der Waals surface area contributed by atoms with E-state index < -0.39 is 11.6 Å². The Balaban J connectivity index is 1.77. The number of nitrogens with one attached hydrogen (secondary N) is 3. The minimum absolute atomic E-state index is 0.108. The lowest BCUT2D eigenvalue weighted by Crippen LogP contribution is -2.22. The van der Waals surface area contributed by atoms with Crippen LogP contribution in [0.15, 0.2) is 46.2 Å². The molecule has 0 radical (unpaired) electrons. The van der Waals surface area contributed by atoms with Crippen molar-refractivity contribution in [3.63, 3.8) is 0 Å². The van der Waals surface area contributed by atoms with Gasteiger partial charge in [-0.05, 0) is 32.7 Å². The fraction of sp³-hybridized carbons (Fsp3) is 0.227. The number of fused-ring (bicyclic) bond motifs is 1. The van der Waals surface area contributed by atoms with Crippen LogP contribution in [0.4, 0.5) is 14.6 Å². The van der Waals surface area contributed by atoms with Crippen molar-refractivity contribution < 1.29 is 13.5 Å². The van der Waals surface area contributed by atoms with Crippen molar-refractivity contribution in [1.29, 1.82) is 0 Å². The zero-order chi connectivity index (χ0) is 23.3. The molecule has 2 heterocycles. The second-order valence-corrected chi connectivity index (χ2v) is 7.12. The summed E-state index contributed by atoms with van der Waals surface area (Å²) in [5.74, 6) is -0.0268. The normalized spacial score (nSPS) is 12.6. The fourth-order valence-corrected chi connectivity index (χ4v) is 2.96. The molecule has 10 heteroatoms. The van der Waals surface area contributed by atoms with Gasteiger partial charge in [0.05, 0.1) is 11.2 Å². The second kappa shape index (κ2) is 9.90. The quantitative estimate of drug-likeness (QED) is 0.355. The summed E-state index contributed by atoms with van der Waals surface area (Å²) in [5.41, 5.74) is 1.59. The van der Waals surface area contributed by atoms with Gasteiger partial charge in [-0.25, -0.2) is 18.8 Å². The Morgan fingerprint density at radius 1 is 1.31 bits per heavy atom. The summed E-state index contributed by atoms with van der Waals surface area (Å²) in [6.45, 7) is 6.96. The van der Waals surface area contributed by atoms with E-state index in [0.29, 0.717) is 23.2 Å². The van der Waals surface area contributed by atoms with E-state index >= 15 is 0 Å². The molecule has 0 aliphatic rings. The number of likely N-dealkylation sites (N-methyl/N-ethyl adjacent to an activating group) is 1. The molecule has 2 aromatic heterocycles. The van der Waals surface area contributed by atoms with E-state index in [9.17, 15) is 8.78 Å². The highest BCUT2D eigenvalue weighted by Gasteiger charge is 2.15. The van der Waals surface area contributed by atoms with Crippen LogP contribution < -0.4 is 10.1 Å². The third kappa shape index (κ3) is 5.20. The van der Waals surface area contributed by atoms with Gasteiger partial charge in [0, 0.05) is 43.4 Å². The number of aromatic nitrogens is 3. The number of aryl methyl sites for hydroxylation is 1. The van der Waals surface area contributed by atoms with E-state index in [1.54, 1.807) is 32.0 Å². The van der Waals surface area contributed by atoms with Crippen molar-refractivity contribution in [2.45, 2.75) is 13.8 Å². The highest BCUT2D eigenvalue weighted by molar-refractivity contribution is 5.93. The van der Waals surface area contributed by atoms with E-state index in [4.69, 9.17) is 4.74 Å². The van der Waals surface area contributed by atoms with Crippen LogP contribution in [0.1, 0.15) is 18.3 Å². The van der Waals surface area contributed by atoms with Gasteiger partial charge in [0.15, 0.2) is 29.9 Å². The standard InChI is InChI=1S/C22H25F2N7O/c1-6-7-14-9-19(30-29-14)28-18(25-3)11-20(31(4)5)26-12-32-17-10-16(23)22-15(21(17)24)8-13(2)27-22/h6-11,27H,3,12H2,1-2,4-5H3,(H2,28,29,30)/b7-6+,18-11+,26-20+. The maximum absolute atomic E-state index is 14.7. The van der Waals surface area contributed by atoms with Gasteiger partial charge in [-0.1, -0.05) is 6.08 Å². The molecule has 0 aliphatic heterocycles. The molecular formula is C22H25F2N7O. The molecule has 0 spiro atoms. The maximum Gasteiger partial charge on any atom is 0.181 e. The van der Waals surface area contributed by atoms with Gasteiger partial charge >= 0.3 is 0 Å². The third-order valence-corrected chi connectivity index (χ3v) is 4.44. The van der Waals surface area contributed by atoms with Crippen LogP contribution in [0.3, 0.4) is 0 Å². The summed E-state index contributed by atoms with van der Waals surface area (Å²) in [4.78, 5) is 12.8. The van der Waals surface area contributed by atoms with Gasteiger partial charge in [0.2, 0.25) is 0 Å². The number of benzene rings is 1. The molecule has 0 saturated carbocycles. The molecule has 0 aliphatic carbocycles. The summed E-state index contributed by atoms with van der Waals surface area (Å²) in [6, 6.07) is 4.35. The van der Waals surface area contributed by atoms with Gasteiger partial charge in [-0.3, -0.25) is 5.10 Å². The number of aromatic amines is 2. The lowest BCUT2D eigenvalue weighted by Gasteiger charge is -2.14. The molecule has 0 saturated heterocycles. The lowest BCUT2D eigenvalue weighted by molar-refractivity contribution is 0.311. The second-order valence-electron chi connectivity index (χ2n) is 7.12. The van der Waals surface area contributed by atoms with E-state index in [-0.39, 0.29) is 23.4 Å². The van der Waals surface area contributed by atoms with E-state index in [1.165, 1.54) is 6.07 Å². The van der Waals surface area contributed by atoms with Crippen LogP contribution >= 0.6 is 0 Å². The molecule has 1 aromatic carbocycles. The van der Waals surface area contributed by atoms with Crippen LogP contribution in [-0.2, 0) is 0 Å². The predicted octanol–water partition coefficient (Wildman–Crippen LogP) is 4.46. The molecule has 3 N–H and O–H groups in total. The van der Waals surface area contributed by atoms with E-state index in [0.717, 1.165) is 11.8 Å². The summed E-state index contributed by atoms with van der Waals surface area (Å²) in [7, 11) is 3.56. The maximum atomic E-state index is 14.7. The number of H-pyrrole nitrogens is 2. The summed E-state index contributed by atoms with van der Waals surface area (Å²) in [6.07, 6.45) is 5.40. The van der Waals surface area contributed by atoms with E-state index in [1.807, 2.05) is 25.1 Å². The topological polar surface area (TPSA) is 93.7 Å². The van der Waals surface area contributed by atoms with Crippen LogP contribution in [0.2, 0.25) is 0 Å². The Kier molecular flexibility index (Phi) is 7.04. The minimum atomic E-state index is -0.645. The molecular weight excluding hydrogens is 416 g/mol. The third-order valence-electron chi connectivity index (χ3n) is 4.44. The van der Waals surface area contributed by atoms with Gasteiger partial charge in [-0.15, -0.1) is 0 Å². The molecule has 0 amide bonds. The Morgan fingerprint density at radius 2 is 2.09 bits per heavy atom. The van der Waals surface area contributed by atoms with Crippen molar-refractivity contribution >= 4 is 35.3 Å². The molecule has 0 atom stereocenters. The van der Waals surface area contributed by atoms with Crippen LogP contribution in [-0.4, -0.2) is 53.5 Å². The zero-order valence-electron chi connectivity index (χ0n) is 18.3. The Hall–Kier alpha value is -3.95. The fourth-order valence-electron chi connectivity index (χ4n) is 2.96. The number of nitrogens with zero attached hydrogens (tertiary/aromatic N) is 4. The van der Waals surface area contributed by atoms with Crippen LogP contribution in [0.5, 0.6) is 5.75 Å². The first-order valence-corrected chi connectivity index (χ1v) is 9.77. The number of hydrogen-bond donors (Lipinski definition) is 3. The number of ether oxygens (including phenoxy) is 1. The van der Waals surface area contributed by atoms with Crippen LogP contribution in [0, 0.1) is 18.6 Å². The highest BCUT2D eigenvalue weighted by Crippen LogP contribution is 2.29. The monoisotopic (exact) mass is 441 g/mol. The van der Waals surface area contributed by atoms with Crippen LogP contribution in [0.25, 0.3) is 17.0 Å². The number of allylic oxidation sites excluding steroid dienone is 1. The van der Waals surface area contributed by atoms with Gasteiger partial charge in [0.1, 0.15) is 11.7 Å². The molecule has 3 aromatic rings. The van der Waals surface area contributed by atoms with Gasteiger partial charge in [-0.2, -0.15) is 5.10 Å². The Bertz CT molecular complexity index is 1200. The van der Waals surface area contributed by atoms with Crippen molar-refractivity contribution in [3.05, 3.63) is 59.2 Å². The first-order valence-electron chi connectivity index (χ1n) is 9.77. The van der Waals surface area contributed by atoms with Crippen molar-refractivity contribution in [2.75, 3.05) is 26.1 Å². The first-order chi connectivity index (χ1) is 15.3. The number of aliphatic imine (C=N–C) groups is 2. The van der Waals surface area contributed by atoms with Crippen molar-refractivity contribution in [2.24, 2.45) is 9.98 Å². The van der Waals surface area contributed by atoms with Gasteiger partial charge in [0.25, 0.3) is 0 Å². The lowest BCUT2D eigenvalue weighted by atomic mass is 10.2. The highest BCUT2D eigenvalue weighted by atomic mass is 19.1. The molecule has 3 rings (SSSR count). The number of anilines is 1. The number of amidine groups is 1. The Morgan fingerprint density at radius 3 is 2.78 bits per heavy atom. The predicted molar refractivity (Wildman–Crippen MR) is 124 cm³/mol. The largest absolute Gasteiger partial charge is 0.468 e. The molecule has 32 heavy (non-hydrogen) atoms. The molecule has 8 nitrogen and oxygen atoms in total. The smallest absolute Gasteiger partial charge is 0.181 e. The Labute approximate surface area is 184 Å². The molecule has 168 valence electrons. The summed E-state index contributed by atoms with van der Waals surface area (Å²) in [5, 5.41) is 10.2. The number of hydrogen-bond acceptors (Lipinski definition) is 5. The minimum Gasteiger partial charge on any atom is -0.468 e. The van der Waals surface area contributed by atoms with Gasteiger partial charge < -0.3 is 19.9 Å². The number of halogens is 2. The summed E-state index contributed by atoms with van der Waals surface area (Å²) < 4.78 is 34.4. The SMILES string of the molecule is C=N/C(=C\C(=N/COc1cc(F)c2[nH]c(C)cc2c1F)N(C)C)Nc1cc(/C=C/C)[nH]n1. The molecule has 0 unspecified atom stereocenters. The number of rotatable bonds is 8. The van der Waals surface area contributed by atoms with E-state index in [2.05, 4.69) is 37.2 Å². The summed E-state index contributed by atoms with van der Waals surface area (Å²) >= 11 is 0.